The Bertz CT molecular complexity index is 677. The standard InChI is InChI=1S/C19H29N5O2/c1-14-5-2-3-8-24(14)17(25)13-22-9-11-23(12-10-22)19(26)18-15-6-4-7-16(15)20-21-18/h14H,2-13H2,1H3,(H,20,21). The molecule has 1 aromatic heterocycles. The summed E-state index contributed by atoms with van der Waals surface area (Å²) in [4.78, 5) is 31.5. The van der Waals surface area contributed by atoms with Crippen LogP contribution in [0.5, 0.6) is 0 Å². The van der Waals surface area contributed by atoms with Gasteiger partial charge in [0.2, 0.25) is 5.91 Å². The van der Waals surface area contributed by atoms with Gasteiger partial charge in [-0.15, -0.1) is 0 Å². The Balaban J connectivity index is 1.30. The Labute approximate surface area is 154 Å². The van der Waals surface area contributed by atoms with E-state index in [1.54, 1.807) is 0 Å². The molecule has 0 aromatic carbocycles. The average molecular weight is 359 g/mol. The van der Waals surface area contributed by atoms with Crippen molar-refractivity contribution in [3.63, 3.8) is 0 Å². The highest BCUT2D eigenvalue weighted by Crippen LogP contribution is 2.24. The van der Waals surface area contributed by atoms with Crippen LogP contribution in [-0.4, -0.2) is 82.0 Å². The number of nitrogens with zero attached hydrogens (tertiary/aromatic N) is 4. The number of carbonyl (C=O) groups excluding carboxylic acids is 2. The molecule has 1 atom stereocenters. The third kappa shape index (κ3) is 3.37. The van der Waals surface area contributed by atoms with Gasteiger partial charge in [0, 0.05) is 50.0 Å². The number of aromatic amines is 1. The van der Waals surface area contributed by atoms with Crippen LogP contribution in [0.4, 0.5) is 0 Å². The molecule has 26 heavy (non-hydrogen) atoms. The number of hydrogen-bond acceptors (Lipinski definition) is 4. The summed E-state index contributed by atoms with van der Waals surface area (Å²) in [6.07, 6.45) is 6.52. The van der Waals surface area contributed by atoms with Crippen molar-refractivity contribution in [2.24, 2.45) is 0 Å². The van der Waals surface area contributed by atoms with Crippen LogP contribution in [0.15, 0.2) is 0 Å². The van der Waals surface area contributed by atoms with Crippen LogP contribution in [-0.2, 0) is 17.6 Å². The molecule has 1 aromatic rings. The summed E-state index contributed by atoms with van der Waals surface area (Å²) in [5, 5.41) is 7.28. The van der Waals surface area contributed by atoms with Gasteiger partial charge in [0.1, 0.15) is 0 Å². The summed E-state index contributed by atoms with van der Waals surface area (Å²) in [6, 6.07) is 0.362. The van der Waals surface area contributed by atoms with E-state index in [0.717, 1.165) is 63.0 Å². The van der Waals surface area contributed by atoms with E-state index in [0.29, 0.717) is 31.4 Å². The number of amides is 2. The molecule has 2 saturated heterocycles. The van der Waals surface area contributed by atoms with Crippen LogP contribution < -0.4 is 0 Å². The van der Waals surface area contributed by atoms with Crippen molar-refractivity contribution in [2.75, 3.05) is 39.3 Å². The quantitative estimate of drug-likeness (QED) is 0.876. The maximum Gasteiger partial charge on any atom is 0.274 e. The van der Waals surface area contributed by atoms with E-state index < -0.39 is 0 Å². The topological polar surface area (TPSA) is 72.5 Å². The Hall–Kier alpha value is -1.89. The molecule has 2 aliphatic heterocycles. The summed E-state index contributed by atoms with van der Waals surface area (Å²) in [7, 11) is 0. The molecule has 2 fully saturated rings. The van der Waals surface area contributed by atoms with Gasteiger partial charge in [-0.1, -0.05) is 0 Å². The molecular formula is C19H29N5O2. The monoisotopic (exact) mass is 359 g/mol. The van der Waals surface area contributed by atoms with Crippen LogP contribution in [0.1, 0.15) is 54.4 Å². The Morgan fingerprint density at radius 3 is 2.65 bits per heavy atom. The molecule has 7 nitrogen and oxygen atoms in total. The van der Waals surface area contributed by atoms with Crippen molar-refractivity contribution in [2.45, 2.75) is 51.5 Å². The van der Waals surface area contributed by atoms with Crippen LogP contribution in [0, 0.1) is 0 Å². The maximum absolute atomic E-state index is 12.8. The predicted molar refractivity (Wildman–Crippen MR) is 98.0 cm³/mol. The number of aryl methyl sites for hydroxylation is 1. The highest BCUT2D eigenvalue weighted by Gasteiger charge is 2.30. The highest BCUT2D eigenvalue weighted by atomic mass is 16.2. The molecule has 7 heteroatoms. The fourth-order valence-corrected chi connectivity index (χ4v) is 4.51. The minimum Gasteiger partial charge on any atom is -0.339 e. The average Bonchev–Trinajstić information content (AvgIpc) is 3.25. The van der Waals surface area contributed by atoms with Crippen LogP contribution in [0.3, 0.4) is 0 Å². The van der Waals surface area contributed by atoms with Gasteiger partial charge in [0.15, 0.2) is 5.69 Å². The van der Waals surface area contributed by atoms with E-state index in [9.17, 15) is 9.59 Å². The highest BCUT2D eigenvalue weighted by molar-refractivity contribution is 5.94. The zero-order valence-corrected chi connectivity index (χ0v) is 15.7. The Morgan fingerprint density at radius 2 is 1.88 bits per heavy atom. The molecule has 4 rings (SSSR count). The number of H-pyrrole nitrogens is 1. The van der Waals surface area contributed by atoms with E-state index in [2.05, 4.69) is 22.0 Å². The third-order valence-corrected chi connectivity index (χ3v) is 6.15. The molecule has 0 saturated carbocycles. The van der Waals surface area contributed by atoms with Gasteiger partial charge in [0.05, 0.1) is 6.54 Å². The Morgan fingerprint density at radius 1 is 1.08 bits per heavy atom. The van der Waals surface area contributed by atoms with Gasteiger partial charge < -0.3 is 9.80 Å². The van der Waals surface area contributed by atoms with Crippen LogP contribution in [0.2, 0.25) is 0 Å². The number of rotatable bonds is 3. The zero-order valence-electron chi connectivity index (χ0n) is 15.7. The second-order valence-electron chi connectivity index (χ2n) is 7.88. The predicted octanol–water partition coefficient (Wildman–Crippen LogP) is 1.06. The van der Waals surface area contributed by atoms with Gasteiger partial charge in [0.25, 0.3) is 5.91 Å². The zero-order chi connectivity index (χ0) is 18.1. The lowest BCUT2D eigenvalue weighted by Crippen LogP contribution is -2.53. The van der Waals surface area contributed by atoms with Crippen LogP contribution in [0.25, 0.3) is 0 Å². The Kier molecular flexibility index (Phi) is 4.98. The first-order valence-corrected chi connectivity index (χ1v) is 10.0. The van der Waals surface area contributed by atoms with Crippen LogP contribution >= 0.6 is 0 Å². The number of piperazine rings is 1. The van der Waals surface area contributed by atoms with Crippen molar-refractivity contribution >= 4 is 11.8 Å². The van der Waals surface area contributed by atoms with Crippen molar-refractivity contribution in [3.05, 3.63) is 17.0 Å². The number of nitrogens with one attached hydrogen (secondary N) is 1. The number of aromatic nitrogens is 2. The lowest BCUT2D eigenvalue weighted by molar-refractivity contribution is -0.136. The molecule has 1 unspecified atom stereocenters. The number of carbonyl (C=O) groups is 2. The van der Waals surface area contributed by atoms with Gasteiger partial charge in [-0.05, 0) is 45.4 Å². The summed E-state index contributed by atoms with van der Waals surface area (Å²) in [5.74, 6) is 0.280. The molecule has 142 valence electrons. The largest absolute Gasteiger partial charge is 0.339 e. The summed E-state index contributed by atoms with van der Waals surface area (Å²) in [6.45, 7) is 6.37. The van der Waals surface area contributed by atoms with Gasteiger partial charge in [-0.2, -0.15) is 5.10 Å². The molecule has 1 aliphatic carbocycles. The number of piperidine rings is 1. The lowest BCUT2D eigenvalue weighted by Gasteiger charge is -2.38. The second kappa shape index (κ2) is 7.39. The minimum atomic E-state index is 0.0417. The normalized spacial score (nSPS) is 24.0. The fourth-order valence-electron chi connectivity index (χ4n) is 4.51. The minimum absolute atomic E-state index is 0.0417. The van der Waals surface area contributed by atoms with E-state index in [1.807, 2.05) is 9.80 Å². The number of hydrogen-bond donors (Lipinski definition) is 1. The lowest BCUT2D eigenvalue weighted by atomic mass is 10.0. The van der Waals surface area contributed by atoms with Crippen molar-refractivity contribution in [3.8, 4) is 0 Å². The van der Waals surface area contributed by atoms with Gasteiger partial charge in [-0.25, -0.2) is 0 Å². The first-order chi connectivity index (χ1) is 12.6. The van der Waals surface area contributed by atoms with Crippen molar-refractivity contribution in [1.82, 2.24) is 24.9 Å². The molecule has 2 amide bonds. The third-order valence-electron chi connectivity index (χ3n) is 6.15. The maximum atomic E-state index is 12.8. The molecule has 3 heterocycles. The summed E-state index contributed by atoms with van der Waals surface area (Å²) in [5.41, 5.74) is 2.86. The first kappa shape index (κ1) is 17.5. The molecule has 1 N–H and O–H groups in total. The van der Waals surface area contributed by atoms with Gasteiger partial charge >= 0.3 is 0 Å². The van der Waals surface area contributed by atoms with Crippen molar-refractivity contribution < 1.29 is 9.59 Å². The van der Waals surface area contributed by atoms with E-state index >= 15 is 0 Å². The van der Waals surface area contributed by atoms with E-state index in [-0.39, 0.29) is 11.8 Å². The molecular weight excluding hydrogens is 330 g/mol. The summed E-state index contributed by atoms with van der Waals surface area (Å²) >= 11 is 0. The molecule has 0 spiro atoms. The molecule has 3 aliphatic rings. The fraction of sp³-hybridized carbons (Fsp3) is 0.737. The first-order valence-electron chi connectivity index (χ1n) is 10.0. The van der Waals surface area contributed by atoms with E-state index in [1.165, 1.54) is 6.42 Å². The van der Waals surface area contributed by atoms with Crippen molar-refractivity contribution in [1.29, 1.82) is 0 Å². The smallest absolute Gasteiger partial charge is 0.274 e. The summed E-state index contributed by atoms with van der Waals surface area (Å²) < 4.78 is 0. The SMILES string of the molecule is CC1CCCCN1C(=O)CN1CCN(C(=O)c2n[nH]c3c2CCC3)CC1. The second-order valence-corrected chi connectivity index (χ2v) is 7.88. The number of likely N-dealkylation sites (tertiary alicyclic amines) is 1. The van der Waals surface area contributed by atoms with E-state index in [4.69, 9.17) is 0 Å². The molecule has 0 bridgehead atoms. The van der Waals surface area contributed by atoms with Gasteiger partial charge in [-0.3, -0.25) is 19.6 Å². The number of fused-ring (bicyclic) bond motifs is 1. The molecule has 0 radical (unpaired) electrons.